The van der Waals surface area contributed by atoms with E-state index < -0.39 is 6.10 Å². The first-order chi connectivity index (χ1) is 6.02. The molecule has 0 bridgehead atoms. The monoisotopic (exact) mass is 184 g/mol. The number of nitrogen functional groups attached to an aromatic ring is 2. The Morgan fingerprint density at radius 3 is 2.54 bits per heavy atom. The molecule has 1 aromatic rings. The second-order valence-electron chi connectivity index (χ2n) is 3.48. The molecule has 5 heteroatoms. The van der Waals surface area contributed by atoms with Crippen LogP contribution in [-0.2, 0) is 6.54 Å². The largest absolute Gasteiger partial charge is 0.394 e. The molecule has 0 aromatic carbocycles. The van der Waals surface area contributed by atoms with Crippen molar-refractivity contribution in [1.29, 1.82) is 0 Å². The lowest BCUT2D eigenvalue weighted by Gasteiger charge is -2.14. The first-order valence-electron chi connectivity index (χ1n) is 4.27. The number of anilines is 2. The molecule has 0 radical (unpaired) electrons. The molecule has 5 N–H and O–H groups in total. The molecule has 0 saturated heterocycles. The van der Waals surface area contributed by atoms with Crippen molar-refractivity contribution in [1.82, 2.24) is 9.78 Å². The van der Waals surface area contributed by atoms with Gasteiger partial charge in [-0.05, 0) is 5.92 Å². The van der Waals surface area contributed by atoms with Crippen LogP contribution in [0.4, 0.5) is 11.5 Å². The highest BCUT2D eigenvalue weighted by atomic mass is 16.3. The second-order valence-corrected chi connectivity index (χ2v) is 3.48. The van der Waals surface area contributed by atoms with Crippen LogP contribution in [-0.4, -0.2) is 21.0 Å². The van der Waals surface area contributed by atoms with Crippen molar-refractivity contribution in [3.05, 3.63) is 6.20 Å². The zero-order valence-corrected chi connectivity index (χ0v) is 7.94. The van der Waals surface area contributed by atoms with E-state index in [4.69, 9.17) is 11.5 Å². The Balaban J connectivity index is 2.69. The van der Waals surface area contributed by atoms with Gasteiger partial charge in [0.15, 0.2) is 0 Å². The number of nitrogens with zero attached hydrogens (tertiary/aromatic N) is 2. The third-order valence-corrected chi connectivity index (χ3v) is 2.04. The summed E-state index contributed by atoms with van der Waals surface area (Å²) >= 11 is 0. The topological polar surface area (TPSA) is 90.1 Å². The van der Waals surface area contributed by atoms with Crippen LogP contribution < -0.4 is 11.5 Å². The highest BCUT2D eigenvalue weighted by molar-refractivity contribution is 5.56. The van der Waals surface area contributed by atoms with E-state index in [9.17, 15) is 5.11 Å². The predicted octanol–water partition coefficient (Wildman–Crippen LogP) is 0.0644. The summed E-state index contributed by atoms with van der Waals surface area (Å²) in [7, 11) is 0. The number of aliphatic hydroxyl groups is 1. The minimum absolute atomic E-state index is 0.185. The lowest BCUT2D eigenvalue weighted by Crippen LogP contribution is -2.23. The summed E-state index contributed by atoms with van der Waals surface area (Å²) in [4.78, 5) is 0. The molecule has 1 atom stereocenters. The van der Waals surface area contributed by atoms with Gasteiger partial charge < -0.3 is 16.6 Å². The fraction of sp³-hybridized carbons (Fsp3) is 0.625. The van der Waals surface area contributed by atoms with Crippen molar-refractivity contribution in [2.24, 2.45) is 5.92 Å². The average molecular weight is 184 g/mol. The molecular weight excluding hydrogens is 168 g/mol. The minimum atomic E-state index is -0.443. The number of rotatable bonds is 3. The van der Waals surface area contributed by atoms with Gasteiger partial charge in [-0.2, -0.15) is 5.10 Å². The van der Waals surface area contributed by atoms with E-state index in [1.54, 1.807) is 0 Å². The number of aromatic nitrogens is 2. The molecule has 1 rings (SSSR count). The van der Waals surface area contributed by atoms with E-state index in [2.05, 4.69) is 5.10 Å². The van der Waals surface area contributed by atoms with Crippen molar-refractivity contribution in [3.63, 3.8) is 0 Å². The Morgan fingerprint density at radius 1 is 1.54 bits per heavy atom. The second kappa shape index (κ2) is 3.66. The highest BCUT2D eigenvalue weighted by Gasteiger charge is 2.12. The first kappa shape index (κ1) is 9.85. The lowest BCUT2D eigenvalue weighted by molar-refractivity contribution is 0.104. The first-order valence-corrected chi connectivity index (χ1v) is 4.27. The highest BCUT2D eigenvalue weighted by Crippen LogP contribution is 2.14. The van der Waals surface area contributed by atoms with Crippen LogP contribution in [0.3, 0.4) is 0 Å². The van der Waals surface area contributed by atoms with E-state index in [1.807, 2.05) is 13.8 Å². The van der Waals surface area contributed by atoms with E-state index in [1.165, 1.54) is 10.9 Å². The van der Waals surface area contributed by atoms with E-state index >= 15 is 0 Å². The summed E-state index contributed by atoms with van der Waals surface area (Å²) in [6, 6.07) is 0. The average Bonchev–Trinajstić information content (AvgIpc) is 2.36. The molecule has 0 aliphatic heterocycles. The van der Waals surface area contributed by atoms with Gasteiger partial charge in [-0.3, -0.25) is 0 Å². The third kappa shape index (κ3) is 2.12. The molecule has 0 amide bonds. The standard InChI is InChI=1S/C8H16N4O/c1-5(2)7(13)4-12-8(10)6(9)3-11-12/h3,5,7,13H,4,9-10H2,1-2H3. The number of hydrogen-bond acceptors (Lipinski definition) is 4. The minimum Gasteiger partial charge on any atom is -0.394 e. The van der Waals surface area contributed by atoms with Gasteiger partial charge >= 0.3 is 0 Å². The van der Waals surface area contributed by atoms with E-state index in [0.717, 1.165) is 0 Å². The third-order valence-electron chi connectivity index (χ3n) is 2.04. The maximum Gasteiger partial charge on any atom is 0.145 e. The van der Waals surface area contributed by atoms with Gasteiger partial charge in [-0.25, -0.2) is 4.68 Å². The summed E-state index contributed by atoms with van der Waals surface area (Å²) in [5.74, 6) is 0.601. The zero-order valence-electron chi connectivity index (χ0n) is 7.94. The fourth-order valence-electron chi connectivity index (χ4n) is 0.943. The Hall–Kier alpha value is -1.23. The summed E-state index contributed by atoms with van der Waals surface area (Å²) in [6.45, 7) is 4.27. The lowest BCUT2D eigenvalue weighted by atomic mass is 10.1. The number of nitrogens with two attached hydrogens (primary N) is 2. The zero-order chi connectivity index (χ0) is 10.0. The maximum atomic E-state index is 9.56. The van der Waals surface area contributed by atoms with Gasteiger partial charge in [-0.1, -0.05) is 13.8 Å². The van der Waals surface area contributed by atoms with Crippen molar-refractivity contribution >= 4 is 11.5 Å². The molecule has 5 nitrogen and oxygen atoms in total. The molecule has 0 saturated carbocycles. The van der Waals surface area contributed by atoms with Crippen LogP contribution in [0, 0.1) is 5.92 Å². The molecule has 0 spiro atoms. The van der Waals surface area contributed by atoms with Gasteiger partial charge in [0.2, 0.25) is 0 Å². The molecule has 1 unspecified atom stereocenters. The van der Waals surface area contributed by atoms with E-state index in [-0.39, 0.29) is 5.92 Å². The normalized spacial score (nSPS) is 13.5. The summed E-state index contributed by atoms with van der Waals surface area (Å²) in [6.07, 6.45) is 1.05. The Kier molecular flexibility index (Phi) is 2.77. The van der Waals surface area contributed by atoms with E-state index in [0.29, 0.717) is 18.1 Å². The smallest absolute Gasteiger partial charge is 0.145 e. The number of hydrogen-bond donors (Lipinski definition) is 3. The predicted molar refractivity (Wildman–Crippen MR) is 51.9 cm³/mol. The van der Waals surface area contributed by atoms with Crippen LogP contribution in [0.15, 0.2) is 6.20 Å². The molecule has 0 fully saturated rings. The van der Waals surface area contributed by atoms with Crippen molar-refractivity contribution in [2.45, 2.75) is 26.5 Å². The summed E-state index contributed by atoms with van der Waals surface area (Å²) in [5.41, 5.74) is 11.6. The number of aliphatic hydroxyl groups excluding tert-OH is 1. The Morgan fingerprint density at radius 2 is 2.15 bits per heavy atom. The SMILES string of the molecule is CC(C)C(O)Cn1ncc(N)c1N. The van der Waals surface area contributed by atoms with Crippen molar-refractivity contribution < 1.29 is 5.11 Å². The molecule has 13 heavy (non-hydrogen) atoms. The van der Waals surface area contributed by atoms with Crippen LogP contribution in [0.25, 0.3) is 0 Å². The molecular formula is C8H16N4O. The van der Waals surface area contributed by atoms with Crippen molar-refractivity contribution in [2.75, 3.05) is 11.5 Å². The van der Waals surface area contributed by atoms with Gasteiger partial charge in [0, 0.05) is 0 Å². The molecule has 1 aromatic heterocycles. The molecule has 0 aliphatic rings. The summed E-state index contributed by atoms with van der Waals surface area (Å²) in [5, 5.41) is 13.5. The Labute approximate surface area is 77.3 Å². The van der Waals surface area contributed by atoms with Gasteiger partial charge in [0.1, 0.15) is 5.82 Å². The van der Waals surface area contributed by atoms with Crippen molar-refractivity contribution in [3.8, 4) is 0 Å². The fourth-order valence-corrected chi connectivity index (χ4v) is 0.943. The van der Waals surface area contributed by atoms with Crippen LogP contribution in [0.1, 0.15) is 13.8 Å². The maximum absolute atomic E-state index is 9.56. The summed E-state index contributed by atoms with van der Waals surface area (Å²) < 4.78 is 1.51. The molecule has 74 valence electrons. The van der Waals surface area contributed by atoms with Gasteiger partial charge in [0.05, 0.1) is 24.5 Å². The molecule has 0 aliphatic carbocycles. The Bertz CT molecular complexity index is 282. The van der Waals surface area contributed by atoms with Gasteiger partial charge in [0.25, 0.3) is 0 Å². The van der Waals surface area contributed by atoms with Gasteiger partial charge in [-0.15, -0.1) is 0 Å². The molecule has 1 heterocycles. The van der Waals surface area contributed by atoms with Crippen LogP contribution in [0.5, 0.6) is 0 Å². The van der Waals surface area contributed by atoms with Crippen LogP contribution in [0.2, 0.25) is 0 Å². The van der Waals surface area contributed by atoms with Crippen LogP contribution >= 0.6 is 0 Å². The quantitative estimate of drug-likeness (QED) is 0.619.